The molecular formula is C20H19N3O5S. The van der Waals surface area contributed by atoms with Crippen molar-refractivity contribution in [1.29, 1.82) is 0 Å². The van der Waals surface area contributed by atoms with Gasteiger partial charge in [-0.15, -0.1) is 0 Å². The van der Waals surface area contributed by atoms with Crippen LogP contribution in [0.5, 0.6) is 0 Å². The van der Waals surface area contributed by atoms with Crippen molar-refractivity contribution in [3.63, 3.8) is 0 Å². The number of aromatic nitrogens is 2. The van der Waals surface area contributed by atoms with Gasteiger partial charge in [0.05, 0.1) is 0 Å². The van der Waals surface area contributed by atoms with Crippen molar-refractivity contribution in [2.45, 2.75) is 13.5 Å². The number of esters is 1. The van der Waals surface area contributed by atoms with Crippen molar-refractivity contribution in [3.05, 3.63) is 77.0 Å². The lowest BCUT2D eigenvalue weighted by Crippen LogP contribution is -2.29. The van der Waals surface area contributed by atoms with E-state index >= 15 is 0 Å². The third-order valence-corrected chi connectivity index (χ3v) is 4.83. The van der Waals surface area contributed by atoms with E-state index in [0.29, 0.717) is 5.82 Å². The zero-order valence-electron chi connectivity index (χ0n) is 15.6. The first-order chi connectivity index (χ1) is 13.9. The standard InChI is InChI=1S/C20H19N3O5S/c1-15-7-9-17(10-8-15)20-22-18(28-23-20)14-27-19(24)13-21-29(25,26)12-11-16-5-3-2-4-6-16/h2-12,21H,13-14H2,1H3/b12-11+. The van der Waals surface area contributed by atoms with Gasteiger partial charge in [0.25, 0.3) is 5.89 Å². The predicted molar refractivity (Wildman–Crippen MR) is 107 cm³/mol. The number of rotatable bonds is 8. The summed E-state index contributed by atoms with van der Waals surface area (Å²) in [5.41, 5.74) is 2.60. The number of carbonyl (C=O) groups is 1. The van der Waals surface area contributed by atoms with Crippen molar-refractivity contribution in [1.82, 2.24) is 14.9 Å². The van der Waals surface area contributed by atoms with Crippen LogP contribution in [0, 0.1) is 6.92 Å². The van der Waals surface area contributed by atoms with E-state index in [2.05, 4.69) is 14.9 Å². The van der Waals surface area contributed by atoms with Crippen LogP contribution in [0.3, 0.4) is 0 Å². The Morgan fingerprint density at radius 2 is 1.86 bits per heavy atom. The molecule has 0 saturated heterocycles. The second-order valence-electron chi connectivity index (χ2n) is 6.12. The van der Waals surface area contributed by atoms with Gasteiger partial charge in [0.2, 0.25) is 15.8 Å². The molecule has 3 aromatic rings. The zero-order valence-corrected chi connectivity index (χ0v) is 16.4. The van der Waals surface area contributed by atoms with Gasteiger partial charge >= 0.3 is 5.97 Å². The molecular weight excluding hydrogens is 394 g/mol. The van der Waals surface area contributed by atoms with Crippen molar-refractivity contribution in [2.24, 2.45) is 0 Å². The summed E-state index contributed by atoms with van der Waals surface area (Å²) in [5, 5.41) is 4.82. The Hall–Kier alpha value is -3.30. The first-order valence-corrected chi connectivity index (χ1v) is 10.2. The Morgan fingerprint density at radius 1 is 1.14 bits per heavy atom. The molecule has 0 atom stereocenters. The number of carbonyl (C=O) groups excluding carboxylic acids is 1. The third kappa shape index (κ3) is 6.37. The lowest BCUT2D eigenvalue weighted by molar-refractivity contribution is -0.144. The van der Waals surface area contributed by atoms with Crippen LogP contribution in [0.1, 0.15) is 17.0 Å². The molecule has 0 bridgehead atoms. The lowest BCUT2D eigenvalue weighted by Gasteiger charge is -2.03. The minimum Gasteiger partial charge on any atom is -0.455 e. The highest BCUT2D eigenvalue weighted by molar-refractivity contribution is 7.92. The van der Waals surface area contributed by atoms with E-state index in [1.165, 1.54) is 6.08 Å². The summed E-state index contributed by atoms with van der Waals surface area (Å²) >= 11 is 0. The number of hydrogen-bond acceptors (Lipinski definition) is 7. The Balaban J connectivity index is 1.47. The molecule has 2 aromatic carbocycles. The maximum Gasteiger partial charge on any atom is 0.321 e. The maximum absolute atomic E-state index is 11.9. The first-order valence-electron chi connectivity index (χ1n) is 8.69. The molecule has 0 aliphatic heterocycles. The number of aryl methyl sites for hydroxylation is 1. The molecule has 0 unspecified atom stereocenters. The average Bonchev–Trinajstić information content (AvgIpc) is 3.20. The molecule has 0 aliphatic rings. The summed E-state index contributed by atoms with van der Waals surface area (Å²) in [6, 6.07) is 16.5. The second kappa shape index (κ2) is 9.26. The van der Waals surface area contributed by atoms with Gasteiger partial charge < -0.3 is 9.26 Å². The number of nitrogens with zero attached hydrogens (tertiary/aromatic N) is 2. The van der Waals surface area contributed by atoms with Gasteiger partial charge in [0.1, 0.15) is 6.54 Å². The lowest BCUT2D eigenvalue weighted by atomic mass is 10.1. The van der Waals surface area contributed by atoms with Crippen LogP contribution in [-0.2, 0) is 26.2 Å². The molecule has 1 N–H and O–H groups in total. The summed E-state index contributed by atoms with van der Waals surface area (Å²) in [6.45, 7) is 1.20. The average molecular weight is 413 g/mol. The second-order valence-corrected chi connectivity index (χ2v) is 7.77. The van der Waals surface area contributed by atoms with Crippen LogP contribution in [-0.4, -0.2) is 31.1 Å². The van der Waals surface area contributed by atoms with Crippen LogP contribution in [0.25, 0.3) is 17.5 Å². The molecule has 0 radical (unpaired) electrons. The molecule has 0 fully saturated rings. The van der Waals surface area contributed by atoms with Gasteiger partial charge in [-0.2, -0.15) is 4.98 Å². The Labute approximate surface area is 168 Å². The van der Waals surface area contributed by atoms with Crippen LogP contribution < -0.4 is 4.72 Å². The molecule has 0 aliphatic carbocycles. The first kappa shape index (κ1) is 20.4. The summed E-state index contributed by atoms with van der Waals surface area (Å²) in [5.74, 6) is -0.277. The quantitative estimate of drug-likeness (QED) is 0.565. The van der Waals surface area contributed by atoms with Crippen LogP contribution in [0.4, 0.5) is 0 Å². The highest BCUT2D eigenvalue weighted by atomic mass is 32.2. The van der Waals surface area contributed by atoms with Gasteiger partial charge in [-0.1, -0.05) is 65.3 Å². The smallest absolute Gasteiger partial charge is 0.321 e. The van der Waals surface area contributed by atoms with Crippen molar-refractivity contribution >= 4 is 22.1 Å². The van der Waals surface area contributed by atoms with E-state index in [1.807, 2.05) is 37.3 Å². The van der Waals surface area contributed by atoms with Gasteiger partial charge in [0.15, 0.2) is 6.61 Å². The summed E-state index contributed by atoms with van der Waals surface area (Å²) in [7, 11) is -3.78. The van der Waals surface area contributed by atoms with Gasteiger partial charge in [-0.25, -0.2) is 13.1 Å². The van der Waals surface area contributed by atoms with Crippen molar-refractivity contribution < 1.29 is 22.5 Å². The SMILES string of the molecule is Cc1ccc(-c2noc(COC(=O)CNS(=O)(=O)/C=C/c3ccccc3)n2)cc1. The Kier molecular flexibility index (Phi) is 6.53. The van der Waals surface area contributed by atoms with E-state index in [0.717, 1.165) is 22.1 Å². The Bertz CT molecular complexity index is 1090. The van der Waals surface area contributed by atoms with E-state index in [1.54, 1.807) is 24.3 Å². The van der Waals surface area contributed by atoms with Gasteiger partial charge in [-0.3, -0.25) is 4.79 Å². The molecule has 1 aromatic heterocycles. The normalized spacial score (nSPS) is 11.6. The van der Waals surface area contributed by atoms with E-state index in [-0.39, 0.29) is 12.5 Å². The fourth-order valence-corrected chi connectivity index (χ4v) is 3.02. The minimum absolute atomic E-state index is 0.112. The fourth-order valence-electron chi connectivity index (χ4n) is 2.27. The van der Waals surface area contributed by atoms with Crippen molar-refractivity contribution in [2.75, 3.05) is 6.54 Å². The van der Waals surface area contributed by atoms with Crippen LogP contribution in [0.2, 0.25) is 0 Å². The molecule has 9 heteroatoms. The van der Waals surface area contributed by atoms with E-state index in [9.17, 15) is 13.2 Å². The highest BCUT2D eigenvalue weighted by Crippen LogP contribution is 2.16. The summed E-state index contributed by atoms with van der Waals surface area (Å²) < 4.78 is 36.0. The largest absolute Gasteiger partial charge is 0.455 e. The van der Waals surface area contributed by atoms with E-state index in [4.69, 9.17) is 9.26 Å². The molecule has 150 valence electrons. The predicted octanol–water partition coefficient (Wildman–Crippen LogP) is 2.68. The van der Waals surface area contributed by atoms with E-state index < -0.39 is 22.5 Å². The number of hydrogen-bond donors (Lipinski definition) is 1. The molecule has 1 heterocycles. The highest BCUT2D eigenvalue weighted by Gasteiger charge is 2.13. The number of sulfonamides is 1. The molecule has 8 nitrogen and oxygen atoms in total. The zero-order chi connectivity index (χ0) is 20.7. The molecule has 0 saturated carbocycles. The number of nitrogens with one attached hydrogen (secondary N) is 1. The molecule has 3 rings (SSSR count). The topological polar surface area (TPSA) is 111 Å². The van der Waals surface area contributed by atoms with Gasteiger partial charge in [0, 0.05) is 11.0 Å². The summed E-state index contributed by atoms with van der Waals surface area (Å²) in [4.78, 5) is 15.9. The van der Waals surface area contributed by atoms with Crippen LogP contribution >= 0.6 is 0 Å². The van der Waals surface area contributed by atoms with Crippen molar-refractivity contribution in [3.8, 4) is 11.4 Å². The summed E-state index contributed by atoms with van der Waals surface area (Å²) in [6.07, 6.45) is 1.43. The monoisotopic (exact) mass is 413 g/mol. The van der Waals surface area contributed by atoms with Gasteiger partial charge in [-0.05, 0) is 18.6 Å². The number of benzene rings is 2. The molecule has 0 spiro atoms. The maximum atomic E-state index is 11.9. The Morgan fingerprint density at radius 3 is 2.59 bits per heavy atom. The molecule has 29 heavy (non-hydrogen) atoms. The van der Waals surface area contributed by atoms with Crippen LogP contribution in [0.15, 0.2) is 64.5 Å². The number of ether oxygens (including phenoxy) is 1. The fraction of sp³-hybridized carbons (Fsp3) is 0.150. The third-order valence-electron chi connectivity index (χ3n) is 3.79. The minimum atomic E-state index is -3.78. The molecule has 0 amide bonds.